The van der Waals surface area contributed by atoms with Gasteiger partial charge in [0.2, 0.25) is 0 Å². The van der Waals surface area contributed by atoms with Crippen LogP contribution in [0.1, 0.15) is 26.5 Å². The fraction of sp³-hybridized carbons (Fsp3) is 0.294. The molecule has 0 amide bonds. The molecule has 1 aromatic carbocycles. The third kappa shape index (κ3) is 3.47. The molecule has 0 saturated carbocycles. The van der Waals surface area contributed by atoms with Crippen molar-refractivity contribution < 1.29 is 0 Å². The minimum Gasteiger partial charge on any atom is -0.365 e. The molecule has 3 rings (SSSR count). The van der Waals surface area contributed by atoms with Gasteiger partial charge < -0.3 is 5.32 Å². The van der Waals surface area contributed by atoms with E-state index in [2.05, 4.69) is 64.3 Å². The van der Waals surface area contributed by atoms with Crippen LogP contribution in [0, 0.1) is 6.92 Å². The topological polar surface area (TPSA) is 42.7 Å². The van der Waals surface area contributed by atoms with Gasteiger partial charge in [-0.25, -0.2) is 9.97 Å². The van der Waals surface area contributed by atoms with Gasteiger partial charge in [-0.3, -0.25) is 3.97 Å². The van der Waals surface area contributed by atoms with E-state index in [-0.39, 0.29) is 5.54 Å². The van der Waals surface area contributed by atoms with Crippen molar-refractivity contribution in [1.82, 2.24) is 13.9 Å². The zero-order valence-corrected chi connectivity index (χ0v) is 16.6. The lowest BCUT2D eigenvalue weighted by atomic mass is 10.1. The van der Waals surface area contributed by atoms with E-state index in [1.807, 2.05) is 30.3 Å². The Morgan fingerprint density at radius 2 is 1.83 bits per heavy atom. The fourth-order valence-corrected chi connectivity index (χ4v) is 4.29. The van der Waals surface area contributed by atoms with E-state index < -0.39 is 0 Å². The highest BCUT2D eigenvalue weighted by Crippen LogP contribution is 2.33. The van der Waals surface area contributed by atoms with Crippen molar-refractivity contribution in [2.45, 2.75) is 33.2 Å². The first kappa shape index (κ1) is 16.6. The molecular formula is C17H19IN4S. The molecule has 1 N–H and O–H groups in total. The summed E-state index contributed by atoms with van der Waals surface area (Å²) in [6.07, 6.45) is 0. The van der Waals surface area contributed by atoms with Crippen molar-refractivity contribution in [1.29, 1.82) is 0 Å². The van der Waals surface area contributed by atoms with Crippen LogP contribution < -0.4 is 5.32 Å². The summed E-state index contributed by atoms with van der Waals surface area (Å²) < 4.78 is 2.14. The first-order valence-electron chi connectivity index (χ1n) is 7.42. The zero-order valence-electron chi connectivity index (χ0n) is 13.6. The summed E-state index contributed by atoms with van der Waals surface area (Å²) in [5, 5.41) is 4.58. The summed E-state index contributed by atoms with van der Waals surface area (Å²) in [4.78, 5) is 9.61. The number of halogens is 1. The molecule has 0 spiro atoms. The van der Waals surface area contributed by atoms with Crippen molar-refractivity contribution in [2.24, 2.45) is 0 Å². The van der Waals surface area contributed by atoms with Gasteiger partial charge in [0.25, 0.3) is 0 Å². The Bertz CT molecular complexity index is 837. The highest BCUT2D eigenvalue weighted by molar-refractivity contribution is 14.2. The van der Waals surface area contributed by atoms with Crippen LogP contribution in [0.15, 0.2) is 36.4 Å². The highest BCUT2D eigenvalue weighted by Gasteiger charge is 2.19. The molecule has 120 valence electrons. The number of nitrogens with one attached hydrogen (secondary N) is 1. The van der Waals surface area contributed by atoms with Crippen LogP contribution >= 0.6 is 30.3 Å². The van der Waals surface area contributed by atoms with Crippen LogP contribution in [0.4, 0.5) is 5.82 Å². The van der Waals surface area contributed by atoms with Gasteiger partial charge in [-0.15, -0.1) is 0 Å². The molecule has 2 heterocycles. The van der Waals surface area contributed by atoms with Crippen molar-refractivity contribution in [3.8, 4) is 11.4 Å². The van der Waals surface area contributed by atoms with Gasteiger partial charge in [0.05, 0.1) is 5.39 Å². The average molecular weight is 438 g/mol. The van der Waals surface area contributed by atoms with Gasteiger partial charge >= 0.3 is 0 Å². The normalized spacial score (nSPS) is 11.9. The summed E-state index contributed by atoms with van der Waals surface area (Å²) in [7, 11) is 1.63. The molecule has 0 atom stereocenters. The first-order valence-corrected chi connectivity index (χ1v) is 10.7. The van der Waals surface area contributed by atoms with Crippen molar-refractivity contribution in [2.75, 3.05) is 5.32 Å². The third-order valence-electron chi connectivity index (χ3n) is 3.39. The fourth-order valence-electron chi connectivity index (χ4n) is 2.43. The van der Waals surface area contributed by atoms with Gasteiger partial charge in [-0.1, -0.05) is 30.3 Å². The lowest BCUT2D eigenvalue weighted by Crippen LogP contribution is -2.27. The van der Waals surface area contributed by atoms with E-state index in [0.29, 0.717) is 0 Å². The first-order chi connectivity index (χ1) is 10.9. The smallest absolute Gasteiger partial charge is 0.163 e. The van der Waals surface area contributed by atoms with Gasteiger partial charge in [0, 0.05) is 47.1 Å². The van der Waals surface area contributed by atoms with Crippen LogP contribution in [0.3, 0.4) is 0 Å². The van der Waals surface area contributed by atoms with Crippen molar-refractivity contribution in [3.05, 3.63) is 42.1 Å². The van der Waals surface area contributed by atoms with E-state index in [4.69, 9.17) is 9.97 Å². The Hall–Kier alpha value is -1.28. The largest absolute Gasteiger partial charge is 0.365 e. The molecule has 4 nitrogen and oxygen atoms in total. The summed E-state index contributed by atoms with van der Waals surface area (Å²) >= 11 is 2.29. The molecule has 23 heavy (non-hydrogen) atoms. The monoisotopic (exact) mass is 438 g/mol. The predicted molar refractivity (Wildman–Crippen MR) is 108 cm³/mol. The summed E-state index contributed by atoms with van der Waals surface area (Å²) in [6.45, 7) is 8.51. The number of fused-ring (bicyclic) bond motifs is 1. The van der Waals surface area contributed by atoms with Crippen molar-refractivity contribution >= 4 is 47.2 Å². The Kier molecular flexibility index (Phi) is 4.55. The van der Waals surface area contributed by atoms with Gasteiger partial charge in [0.15, 0.2) is 11.5 Å². The Labute approximate surface area is 152 Å². The highest BCUT2D eigenvalue weighted by atomic mass is 127. The molecule has 0 aliphatic carbocycles. The Balaban J connectivity index is 2.27. The molecular weight excluding hydrogens is 419 g/mol. The minimum atomic E-state index is -0.0668. The van der Waals surface area contributed by atoms with E-state index in [1.165, 1.54) is 0 Å². The second-order valence-electron chi connectivity index (χ2n) is 6.52. The molecule has 0 aliphatic heterocycles. The van der Waals surface area contributed by atoms with Crippen molar-refractivity contribution in [3.63, 3.8) is 0 Å². The van der Waals surface area contributed by atoms with Crippen LogP contribution in [0.25, 0.3) is 22.4 Å². The molecule has 0 aliphatic rings. The zero-order chi connectivity index (χ0) is 16.6. The maximum absolute atomic E-state index is 4.81. The lowest BCUT2D eigenvalue weighted by Gasteiger charge is -2.22. The van der Waals surface area contributed by atoms with E-state index in [9.17, 15) is 0 Å². The van der Waals surface area contributed by atoms with Crippen LogP contribution in [-0.2, 0) is 0 Å². The lowest BCUT2D eigenvalue weighted by molar-refractivity contribution is 0.631. The number of aryl methyl sites for hydroxylation is 1. The van der Waals surface area contributed by atoms with E-state index in [1.54, 1.807) is 9.12 Å². The van der Waals surface area contributed by atoms with E-state index >= 15 is 0 Å². The van der Waals surface area contributed by atoms with Gasteiger partial charge in [-0.2, -0.15) is 0 Å². The molecule has 6 heteroatoms. The quantitative estimate of drug-likeness (QED) is 0.552. The van der Waals surface area contributed by atoms with Crippen LogP contribution in [0.2, 0.25) is 0 Å². The number of hydrogen-bond donors (Lipinski definition) is 1. The van der Waals surface area contributed by atoms with Crippen LogP contribution in [-0.4, -0.2) is 19.5 Å². The number of aromatic nitrogens is 3. The Morgan fingerprint density at radius 3 is 2.43 bits per heavy atom. The maximum Gasteiger partial charge on any atom is 0.163 e. The third-order valence-corrected chi connectivity index (χ3v) is 5.17. The second-order valence-corrected chi connectivity index (χ2v) is 8.21. The summed E-state index contributed by atoms with van der Waals surface area (Å²) in [5.74, 6) is 1.63. The molecule has 3 aromatic rings. The van der Waals surface area contributed by atoms with Gasteiger partial charge in [0.1, 0.15) is 5.82 Å². The molecule has 2 aromatic heterocycles. The number of benzene rings is 1. The summed E-state index contributed by atoms with van der Waals surface area (Å²) in [5.41, 5.74) is 3.07. The second kappa shape index (κ2) is 6.32. The SMILES string of the molecule is Cc1cc2c(NC(C)(C)C)nc(-c3ccccc3)nc2n1SI. The standard InChI is InChI=1S/C17H19IN4S/c1-11-10-13-15(21-17(2,3)4)19-14(12-8-6-5-7-9-12)20-16(13)22(11)23-18/h5-10H,1-4H3,(H,19,20,21). The molecule has 0 unspecified atom stereocenters. The predicted octanol–water partition coefficient (Wildman–Crippen LogP) is 5.46. The Morgan fingerprint density at radius 1 is 1.13 bits per heavy atom. The summed E-state index contributed by atoms with van der Waals surface area (Å²) in [6, 6.07) is 12.3. The molecule has 0 radical (unpaired) electrons. The molecule has 0 fully saturated rings. The number of rotatable bonds is 3. The maximum atomic E-state index is 4.81. The van der Waals surface area contributed by atoms with Crippen LogP contribution in [0.5, 0.6) is 0 Å². The average Bonchev–Trinajstić information content (AvgIpc) is 2.82. The van der Waals surface area contributed by atoms with Gasteiger partial charge in [-0.05, 0) is 33.8 Å². The van der Waals surface area contributed by atoms with E-state index in [0.717, 1.165) is 33.9 Å². The molecule has 0 bridgehead atoms. The molecule has 0 saturated heterocycles. The number of anilines is 1. The number of hydrogen-bond acceptors (Lipinski definition) is 4. The number of nitrogens with zero attached hydrogens (tertiary/aromatic N) is 3. The minimum absolute atomic E-state index is 0.0668.